The van der Waals surface area contributed by atoms with Crippen molar-refractivity contribution < 1.29 is 4.79 Å². The maximum Gasteiger partial charge on any atom is 0.138 e. The molecule has 0 aliphatic heterocycles. The fourth-order valence-electron chi connectivity index (χ4n) is 2.76. The van der Waals surface area contributed by atoms with Crippen LogP contribution in [0.5, 0.6) is 0 Å². The third-order valence-electron chi connectivity index (χ3n) is 4.85. The van der Waals surface area contributed by atoms with E-state index in [1.807, 2.05) is 13.8 Å². The van der Waals surface area contributed by atoms with Crippen molar-refractivity contribution >= 4 is 5.78 Å². The maximum absolute atomic E-state index is 10.9. The highest BCUT2D eigenvalue weighted by Crippen LogP contribution is 2.34. The minimum atomic E-state index is 0.266. The number of rotatable bonds is 5. The molecule has 3 fully saturated rings. The van der Waals surface area contributed by atoms with Crippen molar-refractivity contribution in [1.29, 1.82) is 0 Å². The fraction of sp³-hybridized carbons (Fsp3) is 0.950. The van der Waals surface area contributed by atoms with Gasteiger partial charge in [-0.3, -0.25) is 4.79 Å². The van der Waals surface area contributed by atoms with Crippen LogP contribution < -0.4 is 0 Å². The summed E-state index contributed by atoms with van der Waals surface area (Å²) in [6.45, 7) is 10.8. The van der Waals surface area contributed by atoms with Gasteiger partial charge in [0.25, 0.3) is 0 Å². The summed E-state index contributed by atoms with van der Waals surface area (Å²) in [6.07, 6.45) is 12.7. The van der Waals surface area contributed by atoms with Gasteiger partial charge in [0.1, 0.15) is 5.78 Å². The number of carbonyl (C=O) groups is 1. The first-order valence-corrected chi connectivity index (χ1v) is 9.47. The smallest absolute Gasteiger partial charge is 0.138 e. The molecule has 124 valence electrons. The molecule has 0 saturated heterocycles. The molecule has 0 amide bonds. The lowest BCUT2D eigenvalue weighted by Gasteiger charge is -2.22. The molecule has 0 heterocycles. The van der Waals surface area contributed by atoms with Crippen molar-refractivity contribution in [2.24, 2.45) is 29.6 Å². The van der Waals surface area contributed by atoms with E-state index in [9.17, 15) is 4.79 Å². The second-order valence-electron chi connectivity index (χ2n) is 8.11. The molecule has 0 aromatic carbocycles. The van der Waals surface area contributed by atoms with E-state index in [1.54, 1.807) is 0 Å². The lowest BCUT2D eigenvalue weighted by atomic mass is 9.84. The molecule has 3 aliphatic carbocycles. The van der Waals surface area contributed by atoms with Gasteiger partial charge >= 0.3 is 0 Å². The largest absolute Gasteiger partial charge is 0.299 e. The van der Waals surface area contributed by atoms with Crippen LogP contribution in [0.25, 0.3) is 0 Å². The molecular weight excluding hydrogens is 256 g/mol. The minimum absolute atomic E-state index is 0.266. The minimum Gasteiger partial charge on any atom is -0.299 e. The zero-order valence-electron chi connectivity index (χ0n) is 15.2. The Balaban J connectivity index is 0.000000159. The van der Waals surface area contributed by atoms with Crippen LogP contribution in [0, 0.1) is 29.6 Å². The van der Waals surface area contributed by atoms with Crippen molar-refractivity contribution in [3.8, 4) is 0 Å². The van der Waals surface area contributed by atoms with E-state index in [0.29, 0.717) is 11.7 Å². The SMILES string of the molecule is CC(C)C(=O)C1CC1.CC(C)CC1CC1.CCC1CCC1. The van der Waals surface area contributed by atoms with Gasteiger partial charge in [0, 0.05) is 11.8 Å². The Morgan fingerprint density at radius 1 is 0.905 bits per heavy atom. The van der Waals surface area contributed by atoms with Crippen molar-refractivity contribution in [3.05, 3.63) is 0 Å². The van der Waals surface area contributed by atoms with Crippen molar-refractivity contribution in [2.75, 3.05) is 0 Å². The number of carbonyl (C=O) groups excluding carboxylic acids is 1. The quantitative estimate of drug-likeness (QED) is 0.584. The summed E-state index contributed by atoms with van der Waals surface area (Å²) in [7, 11) is 0. The topological polar surface area (TPSA) is 17.1 Å². The standard InChI is InChI=1S/C7H12O.C7H14.C6H12/c1-5(2)7(8)6-3-4-6;1-6(2)5-7-3-4-7;1-2-6-4-3-5-6/h5-6H,3-4H2,1-2H3;6-7H,3-5H2,1-2H3;6H,2-5H2,1H3. The third kappa shape index (κ3) is 9.32. The van der Waals surface area contributed by atoms with Crippen LogP contribution in [0.15, 0.2) is 0 Å². The van der Waals surface area contributed by atoms with E-state index in [1.165, 1.54) is 44.9 Å². The Morgan fingerprint density at radius 3 is 1.57 bits per heavy atom. The molecule has 21 heavy (non-hydrogen) atoms. The highest BCUT2D eigenvalue weighted by molar-refractivity contribution is 5.84. The Bertz CT molecular complexity index is 273. The van der Waals surface area contributed by atoms with Crippen LogP contribution in [-0.2, 0) is 4.79 Å². The summed E-state index contributed by atoms with van der Waals surface area (Å²) in [5.74, 6) is 4.36. The molecule has 3 rings (SSSR count). The zero-order chi connectivity index (χ0) is 15.8. The molecule has 0 bridgehead atoms. The van der Waals surface area contributed by atoms with E-state index in [4.69, 9.17) is 0 Å². The molecule has 0 spiro atoms. The van der Waals surface area contributed by atoms with Gasteiger partial charge in [0.05, 0.1) is 0 Å². The van der Waals surface area contributed by atoms with Crippen LogP contribution in [-0.4, -0.2) is 5.78 Å². The van der Waals surface area contributed by atoms with Gasteiger partial charge < -0.3 is 0 Å². The van der Waals surface area contributed by atoms with Crippen LogP contribution >= 0.6 is 0 Å². The summed E-state index contributed by atoms with van der Waals surface area (Å²) >= 11 is 0. The molecule has 3 saturated carbocycles. The molecule has 0 atom stereocenters. The Kier molecular flexibility index (Phi) is 8.59. The van der Waals surface area contributed by atoms with Crippen LogP contribution in [0.4, 0.5) is 0 Å². The maximum atomic E-state index is 10.9. The predicted molar refractivity (Wildman–Crippen MR) is 92.4 cm³/mol. The summed E-state index contributed by atoms with van der Waals surface area (Å²) in [5, 5.41) is 0. The van der Waals surface area contributed by atoms with Gasteiger partial charge in [0.2, 0.25) is 0 Å². The second kappa shape index (κ2) is 9.64. The number of hydrogen-bond donors (Lipinski definition) is 0. The predicted octanol–water partition coefficient (Wildman–Crippen LogP) is 6.26. The third-order valence-corrected chi connectivity index (χ3v) is 4.85. The van der Waals surface area contributed by atoms with Gasteiger partial charge in [-0.2, -0.15) is 0 Å². The molecule has 1 nitrogen and oxygen atoms in total. The van der Waals surface area contributed by atoms with E-state index in [2.05, 4.69) is 20.8 Å². The van der Waals surface area contributed by atoms with Gasteiger partial charge in [0.15, 0.2) is 0 Å². The first kappa shape index (κ1) is 18.7. The van der Waals surface area contributed by atoms with Gasteiger partial charge in [-0.15, -0.1) is 0 Å². The average molecular weight is 295 g/mol. The summed E-state index contributed by atoms with van der Waals surface area (Å²) in [6, 6.07) is 0. The highest BCUT2D eigenvalue weighted by Gasteiger charge is 2.30. The van der Waals surface area contributed by atoms with E-state index in [-0.39, 0.29) is 5.92 Å². The summed E-state index contributed by atoms with van der Waals surface area (Å²) < 4.78 is 0. The van der Waals surface area contributed by atoms with Gasteiger partial charge in [-0.25, -0.2) is 0 Å². The first-order valence-electron chi connectivity index (χ1n) is 9.47. The molecular formula is C20H38O. The summed E-state index contributed by atoms with van der Waals surface area (Å²) in [4.78, 5) is 10.9. The molecule has 1 heteroatoms. The highest BCUT2D eigenvalue weighted by atomic mass is 16.1. The normalized spacial score (nSPS) is 21.1. The molecule has 3 aliphatic rings. The molecule has 0 radical (unpaired) electrons. The van der Waals surface area contributed by atoms with Crippen LogP contribution in [0.3, 0.4) is 0 Å². The molecule has 0 unspecified atom stereocenters. The molecule has 0 aromatic rings. The number of Topliss-reactive ketones (excluding diaryl/α,β-unsaturated/α-hetero) is 1. The van der Waals surface area contributed by atoms with E-state index in [0.717, 1.165) is 30.6 Å². The lowest BCUT2D eigenvalue weighted by Crippen LogP contribution is -2.08. The van der Waals surface area contributed by atoms with E-state index >= 15 is 0 Å². The van der Waals surface area contributed by atoms with Crippen molar-refractivity contribution in [2.45, 2.75) is 92.4 Å². The van der Waals surface area contributed by atoms with Gasteiger partial charge in [-0.05, 0) is 37.0 Å². The van der Waals surface area contributed by atoms with Gasteiger partial charge in [-0.1, -0.05) is 73.1 Å². The van der Waals surface area contributed by atoms with Crippen LogP contribution in [0.1, 0.15) is 92.4 Å². The van der Waals surface area contributed by atoms with Crippen molar-refractivity contribution in [1.82, 2.24) is 0 Å². The fourth-order valence-corrected chi connectivity index (χ4v) is 2.76. The summed E-state index contributed by atoms with van der Waals surface area (Å²) in [5.41, 5.74) is 0. The van der Waals surface area contributed by atoms with E-state index < -0.39 is 0 Å². The van der Waals surface area contributed by atoms with Crippen LogP contribution in [0.2, 0.25) is 0 Å². The number of hydrogen-bond acceptors (Lipinski definition) is 1. The number of ketones is 1. The molecule has 0 aromatic heterocycles. The zero-order valence-corrected chi connectivity index (χ0v) is 15.2. The Morgan fingerprint density at radius 2 is 1.48 bits per heavy atom. The Hall–Kier alpha value is -0.330. The lowest BCUT2D eigenvalue weighted by molar-refractivity contribution is -0.123. The monoisotopic (exact) mass is 294 g/mol. The van der Waals surface area contributed by atoms with Crippen molar-refractivity contribution in [3.63, 3.8) is 0 Å². The molecule has 0 N–H and O–H groups in total. The Labute approximate surface area is 133 Å². The average Bonchev–Trinajstić information content (AvgIpc) is 3.21. The first-order chi connectivity index (χ1) is 9.93. The second-order valence-corrected chi connectivity index (χ2v) is 8.11.